The molecule has 3 heterocycles. The van der Waals surface area contributed by atoms with Gasteiger partial charge >= 0.3 is 13.8 Å². The van der Waals surface area contributed by atoms with Crippen molar-refractivity contribution in [1.29, 1.82) is 0 Å². The van der Waals surface area contributed by atoms with E-state index in [2.05, 4.69) is 4.52 Å². The molecule has 46 heavy (non-hydrogen) atoms. The van der Waals surface area contributed by atoms with Crippen molar-refractivity contribution >= 4 is 93.8 Å². The van der Waals surface area contributed by atoms with E-state index in [1.807, 2.05) is 22.8 Å². The number of hydrogen-bond acceptors (Lipinski definition) is 8. The van der Waals surface area contributed by atoms with Gasteiger partial charge in [-0.15, -0.1) is 0 Å². The summed E-state index contributed by atoms with van der Waals surface area (Å²) in [6.07, 6.45) is 3.36. The van der Waals surface area contributed by atoms with Crippen molar-refractivity contribution in [3.05, 3.63) is 106 Å². The van der Waals surface area contributed by atoms with Crippen molar-refractivity contribution in [3.8, 4) is 5.75 Å². The van der Waals surface area contributed by atoms with E-state index in [1.54, 1.807) is 37.1 Å². The molecular weight excluding hydrogens is 630 g/mol. The van der Waals surface area contributed by atoms with E-state index < -0.39 is 37.3 Å². The maximum Gasteiger partial charge on any atom is 0.524 e. The number of ether oxygens (including phenoxy) is 1. The largest absolute Gasteiger partial charge is 0.524 e. The minimum atomic E-state index is -4.80. The summed E-state index contributed by atoms with van der Waals surface area (Å²) in [7, 11) is -1.32. The number of benzene rings is 3. The van der Waals surface area contributed by atoms with E-state index in [-0.39, 0.29) is 57.7 Å². The predicted molar refractivity (Wildman–Crippen MR) is 166 cm³/mol. The summed E-state index contributed by atoms with van der Waals surface area (Å²) in [6.45, 7) is -0.731. The minimum Gasteiger partial charge on any atom is -0.440 e. The van der Waals surface area contributed by atoms with E-state index in [0.717, 1.165) is 22.5 Å². The van der Waals surface area contributed by atoms with E-state index in [4.69, 9.17) is 14.5 Å². The zero-order valence-corrected chi connectivity index (χ0v) is 27.5. The maximum atomic E-state index is 14.0. The van der Waals surface area contributed by atoms with E-state index in [9.17, 15) is 29.1 Å². The summed E-state index contributed by atoms with van der Waals surface area (Å²) in [4.78, 5) is 70.5. The van der Waals surface area contributed by atoms with Crippen LogP contribution in [0.2, 0.25) is 0 Å². The van der Waals surface area contributed by atoms with Gasteiger partial charge in [0.15, 0.2) is 6.73 Å². The fourth-order valence-electron chi connectivity index (χ4n) is 5.41. The molecule has 0 unspecified atom stereocenters. The first-order valence-corrected chi connectivity index (χ1v) is 14.8. The zero-order valence-electron chi connectivity index (χ0n) is 24.6. The molecular formula is C30H23N4NaO10P. The average Bonchev–Trinajstić information content (AvgIpc) is 3.58. The number of carbonyl (C=O) groups is 3. The van der Waals surface area contributed by atoms with Crippen molar-refractivity contribution in [2.75, 3.05) is 6.73 Å². The third kappa shape index (κ3) is 5.89. The number of nitrogens with zero attached hydrogens (tertiary/aromatic N) is 4. The topological polar surface area (TPSA) is 183 Å². The third-order valence-electron chi connectivity index (χ3n) is 7.43. The summed E-state index contributed by atoms with van der Waals surface area (Å²) < 4.78 is 24.3. The van der Waals surface area contributed by atoms with Crippen LogP contribution < -0.4 is 4.52 Å². The van der Waals surface area contributed by atoms with Crippen LogP contribution >= 0.6 is 7.82 Å². The molecule has 2 amide bonds. The van der Waals surface area contributed by atoms with Crippen LogP contribution in [0.3, 0.4) is 0 Å². The second-order valence-corrected chi connectivity index (χ2v) is 11.4. The SMILES string of the molecule is Cn1cc(C2=C(c3cn(C)c4cc([N+](=O)[O-])ccc34)C(=O)N(COC(=O)c3ccc(OP(=O)(O)O)cc3)C2=O)c2ccccc21.[Na]. The second kappa shape index (κ2) is 12.3. The number of non-ortho nitro benzene ring substituents is 1. The van der Waals surface area contributed by atoms with Crippen LogP contribution in [0.25, 0.3) is 33.0 Å². The molecule has 2 aromatic heterocycles. The van der Waals surface area contributed by atoms with Gasteiger partial charge in [-0.05, 0) is 36.4 Å². The molecule has 0 bridgehead atoms. The number of carbonyl (C=O) groups excluding carboxylic acids is 3. The molecule has 0 atom stereocenters. The van der Waals surface area contributed by atoms with Gasteiger partial charge in [-0.25, -0.2) is 14.3 Å². The molecule has 0 saturated carbocycles. The molecule has 0 saturated heterocycles. The van der Waals surface area contributed by atoms with Crippen LogP contribution in [-0.2, 0) is 33.0 Å². The molecule has 6 rings (SSSR count). The van der Waals surface area contributed by atoms with Crippen LogP contribution in [0.1, 0.15) is 21.5 Å². The Kier molecular flexibility index (Phi) is 8.79. The van der Waals surface area contributed by atoms with Crippen molar-refractivity contribution in [1.82, 2.24) is 14.0 Å². The zero-order chi connectivity index (χ0) is 32.2. The number of phosphoric acid groups is 1. The molecule has 0 fully saturated rings. The van der Waals surface area contributed by atoms with Gasteiger partial charge in [0.05, 0.1) is 27.1 Å². The molecule has 5 aromatic rings. The van der Waals surface area contributed by atoms with Crippen molar-refractivity contribution in [2.24, 2.45) is 14.1 Å². The number of aryl methyl sites for hydroxylation is 2. The molecule has 1 aliphatic heterocycles. The summed E-state index contributed by atoms with van der Waals surface area (Å²) in [5, 5.41) is 12.6. The number of imide groups is 1. The van der Waals surface area contributed by atoms with E-state index in [0.29, 0.717) is 27.4 Å². The number of aromatic nitrogens is 2. The van der Waals surface area contributed by atoms with E-state index in [1.165, 1.54) is 30.3 Å². The fourth-order valence-corrected chi connectivity index (χ4v) is 5.81. The van der Waals surface area contributed by atoms with Crippen molar-refractivity contribution in [2.45, 2.75) is 0 Å². The number of hydrogen-bond donors (Lipinski definition) is 2. The molecule has 229 valence electrons. The maximum absolute atomic E-state index is 14.0. The van der Waals surface area contributed by atoms with Gasteiger partial charge in [0.2, 0.25) is 0 Å². The Morgan fingerprint density at radius 2 is 1.43 bits per heavy atom. The summed E-state index contributed by atoms with van der Waals surface area (Å²) in [6, 6.07) is 16.3. The Labute approximate surface area is 282 Å². The monoisotopic (exact) mass is 653 g/mol. The summed E-state index contributed by atoms with van der Waals surface area (Å²) in [5.74, 6) is -2.52. The molecule has 0 aliphatic carbocycles. The molecule has 1 radical (unpaired) electrons. The third-order valence-corrected chi connectivity index (χ3v) is 7.88. The number of fused-ring (bicyclic) bond motifs is 2. The predicted octanol–water partition coefficient (Wildman–Crippen LogP) is 3.76. The Bertz CT molecular complexity index is 2160. The Morgan fingerprint density at radius 1 is 0.870 bits per heavy atom. The van der Waals surface area contributed by atoms with Gasteiger partial charge in [0, 0.05) is 95.6 Å². The average molecular weight is 653 g/mol. The molecule has 3 aromatic carbocycles. The summed E-state index contributed by atoms with van der Waals surface area (Å²) >= 11 is 0. The van der Waals surface area contributed by atoms with Crippen LogP contribution in [0, 0.1) is 10.1 Å². The first-order chi connectivity index (χ1) is 21.3. The van der Waals surface area contributed by atoms with Gasteiger partial charge in [0.1, 0.15) is 5.75 Å². The molecule has 14 nitrogen and oxygen atoms in total. The second-order valence-electron chi connectivity index (χ2n) is 10.2. The Morgan fingerprint density at radius 3 is 2.02 bits per heavy atom. The van der Waals surface area contributed by atoms with Crippen LogP contribution in [0.5, 0.6) is 5.75 Å². The first-order valence-electron chi connectivity index (χ1n) is 13.2. The van der Waals surface area contributed by atoms with Crippen molar-refractivity contribution in [3.63, 3.8) is 0 Å². The molecule has 0 spiro atoms. The number of nitro benzene ring substituents is 1. The smallest absolute Gasteiger partial charge is 0.440 e. The summed E-state index contributed by atoms with van der Waals surface area (Å²) in [5.41, 5.74) is 2.10. The van der Waals surface area contributed by atoms with Crippen molar-refractivity contribution < 1.29 is 42.9 Å². The van der Waals surface area contributed by atoms with Crippen LogP contribution in [-0.4, -0.2) is 82.8 Å². The normalized spacial score (nSPS) is 13.4. The fraction of sp³-hybridized carbons (Fsp3) is 0.100. The van der Waals surface area contributed by atoms with Gasteiger partial charge in [-0.1, -0.05) is 18.2 Å². The number of amides is 2. The van der Waals surface area contributed by atoms with Gasteiger partial charge in [-0.2, -0.15) is 0 Å². The number of para-hydroxylation sites is 1. The quantitative estimate of drug-likeness (QED) is 0.0624. The standard InChI is InChI=1S/C30H23N4O10P.Na/c1-31-14-22(20-5-3-4-6-24(20)31)26-27(23-15-32(2)25-13-18(34(38)39)9-12-21(23)25)29(36)33(28(26)35)16-43-30(37)17-7-10-19(11-8-17)44-45(40,41)42;/h3-15H,16H2,1-2H3,(H2,40,41,42);. The van der Waals surface area contributed by atoms with Gasteiger partial charge in [0.25, 0.3) is 17.5 Å². The minimum absolute atomic E-state index is 0. The van der Waals surface area contributed by atoms with Gasteiger partial charge in [-0.3, -0.25) is 29.5 Å². The van der Waals surface area contributed by atoms with E-state index >= 15 is 0 Å². The Balaban J connectivity index is 0.00000417. The molecule has 2 N–H and O–H groups in total. The van der Waals surface area contributed by atoms with Crippen LogP contribution in [0.15, 0.2) is 79.1 Å². The van der Waals surface area contributed by atoms with Gasteiger partial charge < -0.3 is 18.4 Å². The first kappa shape index (κ1) is 32.8. The number of phosphoric ester groups is 1. The number of nitro groups is 1. The van der Waals surface area contributed by atoms with Crippen LogP contribution in [0.4, 0.5) is 5.69 Å². The molecule has 16 heteroatoms. The Hall–Kier alpha value is -4.56. The molecule has 1 aliphatic rings. The number of esters is 1. The number of rotatable bonds is 8.